The average molecular weight is 258 g/mol. The number of carbonyl (C=O) groups is 1. The molecule has 3 nitrogen and oxygen atoms in total. The van der Waals surface area contributed by atoms with E-state index >= 15 is 0 Å². The van der Waals surface area contributed by atoms with Gasteiger partial charge in [-0.3, -0.25) is 0 Å². The number of carboxylic acid groups (broad SMARTS) is 1. The molecular formula is C8H4BrNO2S. The molecule has 0 aromatic carbocycles. The fourth-order valence-electron chi connectivity index (χ4n) is 0.692. The fourth-order valence-corrected chi connectivity index (χ4v) is 2.06. The second-order valence-corrected chi connectivity index (χ2v) is 3.75. The van der Waals surface area contributed by atoms with Gasteiger partial charge in [0.25, 0.3) is 0 Å². The van der Waals surface area contributed by atoms with Crippen molar-refractivity contribution in [1.82, 2.24) is 0 Å². The molecule has 0 aliphatic carbocycles. The molecule has 0 amide bonds. The molecule has 0 atom stereocenters. The van der Waals surface area contributed by atoms with Gasteiger partial charge in [-0.1, -0.05) is 0 Å². The van der Waals surface area contributed by atoms with E-state index in [0.717, 1.165) is 4.47 Å². The highest BCUT2D eigenvalue weighted by molar-refractivity contribution is 9.10. The Morgan fingerprint density at radius 3 is 2.77 bits per heavy atom. The maximum atomic E-state index is 10.5. The van der Waals surface area contributed by atoms with Crippen LogP contribution in [0.15, 0.2) is 20.8 Å². The van der Waals surface area contributed by atoms with Crippen LogP contribution in [-0.4, -0.2) is 11.1 Å². The molecule has 1 aromatic rings. The molecule has 0 aliphatic rings. The van der Waals surface area contributed by atoms with Crippen LogP contribution in [0.1, 0.15) is 5.56 Å². The molecule has 0 radical (unpaired) electrons. The highest BCUT2D eigenvalue weighted by Gasteiger charge is 2.07. The maximum Gasteiger partial charge on any atom is 0.346 e. The second kappa shape index (κ2) is 4.21. The molecule has 1 aromatic heterocycles. The number of hydrogen-bond donors (Lipinski definition) is 1. The van der Waals surface area contributed by atoms with Gasteiger partial charge < -0.3 is 5.11 Å². The topological polar surface area (TPSA) is 61.1 Å². The van der Waals surface area contributed by atoms with Gasteiger partial charge in [0, 0.05) is 15.4 Å². The first-order valence-electron chi connectivity index (χ1n) is 3.22. The van der Waals surface area contributed by atoms with Crippen LogP contribution in [0.5, 0.6) is 0 Å². The number of carboxylic acids is 1. The minimum Gasteiger partial charge on any atom is -0.477 e. The summed E-state index contributed by atoms with van der Waals surface area (Å²) >= 11 is 4.67. The zero-order valence-corrected chi connectivity index (χ0v) is 8.72. The Morgan fingerprint density at radius 1 is 1.69 bits per heavy atom. The first-order chi connectivity index (χ1) is 6.15. The summed E-state index contributed by atoms with van der Waals surface area (Å²) in [7, 11) is 0. The molecular weight excluding hydrogens is 254 g/mol. The molecule has 0 aliphatic heterocycles. The lowest BCUT2D eigenvalue weighted by Gasteiger charge is -1.89. The van der Waals surface area contributed by atoms with Crippen molar-refractivity contribution in [3.8, 4) is 6.07 Å². The summed E-state index contributed by atoms with van der Waals surface area (Å²) in [6.45, 7) is 0. The lowest BCUT2D eigenvalue weighted by molar-refractivity contribution is -0.132. The van der Waals surface area contributed by atoms with Crippen molar-refractivity contribution in [3.05, 3.63) is 26.4 Å². The summed E-state index contributed by atoms with van der Waals surface area (Å²) in [6, 6.07) is 1.61. The summed E-state index contributed by atoms with van der Waals surface area (Å²) < 4.78 is 0.798. The van der Waals surface area contributed by atoms with Crippen LogP contribution in [0.25, 0.3) is 6.08 Å². The van der Waals surface area contributed by atoms with Crippen LogP contribution in [0.2, 0.25) is 0 Å². The SMILES string of the molecule is N#C/C(=C\c1cscc1Br)C(=O)O. The van der Waals surface area contributed by atoms with Crippen LogP contribution < -0.4 is 0 Å². The summed E-state index contributed by atoms with van der Waals surface area (Å²) in [5.74, 6) is -1.21. The summed E-state index contributed by atoms with van der Waals surface area (Å²) in [4.78, 5) is 10.5. The number of nitrogens with zero attached hydrogens (tertiary/aromatic N) is 1. The van der Waals surface area contributed by atoms with Crippen molar-refractivity contribution in [2.24, 2.45) is 0 Å². The van der Waals surface area contributed by atoms with E-state index in [-0.39, 0.29) is 5.57 Å². The van der Waals surface area contributed by atoms with Crippen molar-refractivity contribution < 1.29 is 9.90 Å². The standard InChI is InChI=1S/C8H4BrNO2S/c9-7-4-13-3-6(7)1-5(2-10)8(11)12/h1,3-4H,(H,11,12)/b5-1+. The van der Waals surface area contributed by atoms with Gasteiger partial charge in [-0.05, 0) is 27.4 Å². The largest absolute Gasteiger partial charge is 0.477 e. The Hall–Kier alpha value is -1.12. The van der Waals surface area contributed by atoms with Crippen molar-refractivity contribution in [3.63, 3.8) is 0 Å². The van der Waals surface area contributed by atoms with Gasteiger partial charge in [-0.25, -0.2) is 4.79 Å². The average Bonchev–Trinajstić information content (AvgIpc) is 2.46. The van der Waals surface area contributed by atoms with E-state index in [9.17, 15) is 4.79 Å². The van der Waals surface area contributed by atoms with E-state index in [1.165, 1.54) is 17.4 Å². The Kier molecular flexibility index (Phi) is 3.23. The lowest BCUT2D eigenvalue weighted by atomic mass is 10.2. The molecule has 0 spiro atoms. The monoisotopic (exact) mass is 257 g/mol. The number of aliphatic carboxylic acids is 1. The van der Waals surface area contributed by atoms with E-state index in [1.807, 2.05) is 5.38 Å². The first-order valence-corrected chi connectivity index (χ1v) is 4.95. The molecule has 0 saturated carbocycles. The molecule has 1 heterocycles. The smallest absolute Gasteiger partial charge is 0.346 e. The van der Waals surface area contributed by atoms with Crippen LogP contribution in [0.4, 0.5) is 0 Å². The normalized spacial score (nSPS) is 10.9. The second-order valence-electron chi connectivity index (χ2n) is 2.15. The van der Waals surface area contributed by atoms with Gasteiger partial charge in [0.15, 0.2) is 0 Å². The van der Waals surface area contributed by atoms with Gasteiger partial charge in [0.2, 0.25) is 0 Å². The fraction of sp³-hybridized carbons (Fsp3) is 0. The minimum absolute atomic E-state index is 0.265. The first kappa shape index (κ1) is 9.96. The number of rotatable bonds is 2. The van der Waals surface area contributed by atoms with E-state index in [2.05, 4.69) is 15.9 Å². The van der Waals surface area contributed by atoms with Crippen LogP contribution in [0, 0.1) is 11.3 Å². The predicted octanol–water partition coefficient (Wildman–Crippen LogP) is 2.50. The number of halogens is 1. The minimum atomic E-state index is -1.21. The quantitative estimate of drug-likeness (QED) is 0.654. The summed E-state index contributed by atoms with van der Waals surface area (Å²) in [6.07, 6.45) is 1.34. The third-order valence-electron chi connectivity index (χ3n) is 1.29. The van der Waals surface area contributed by atoms with Gasteiger partial charge in [-0.15, -0.1) is 0 Å². The molecule has 5 heteroatoms. The van der Waals surface area contributed by atoms with Crippen molar-refractivity contribution >= 4 is 39.3 Å². The summed E-state index contributed by atoms with van der Waals surface area (Å²) in [5.41, 5.74) is 0.447. The van der Waals surface area contributed by atoms with Crippen LogP contribution in [0.3, 0.4) is 0 Å². The third-order valence-corrected chi connectivity index (χ3v) is 3.04. The summed E-state index contributed by atoms with van der Waals surface area (Å²) in [5, 5.41) is 20.6. The van der Waals surface area contributed by atoms with Gasteiger partial charge in [-0.2, -0.15) is 16.6 Å². The van der Waals surface area contributed by atoms with Crippen LogP contribution >= 0.6 is 27.3 Å². The van der Waals surface area contributed by atoms with Crippen molar-refractivity contribution in [2.45, 2.75) is 0 Å². The molecule has 66 valence electrons. The predicted molar refractivity (Wildman–Crippen MR) is 53.2 cm³/mol. The molecule has 13 heavy (non-hydrogen) atoms. The van der Waals surface area contributed by atoms with E-state index in [0.29, 0.717) is 5.56 Å². The number of hydrogen-bond acceptors (Lipinski definition) is 3. The maximum absolute atomic E-state index is 10.5. The zero-order valence-electron chi connectivity index (χ0n) is 6.32. The molecule has 0 fully saturated rings. The third kappa shape index (κ3) is 2.41. The number of nitriles is 1. The van der Waals surface area contributed by atoms with Gasteiger partial charge >= 0.3 is 5.97 Å². The molecule has 0 saturated heterocycles. The van der Waals surface area contributed by atoms with Gasteiger partial charge in [0.1, 0.15) is 11.6 Å². The van der Waals surface area contributed by atoms with Crippen LogP contribution in [-0.2, 0) is 4.79 Å². The Balaban J connectivity index is 3.07. The Labute approximate surface area is 87.1 Å². The molecule has 1 rings (SSSR count). The zero-order chi connectivity index (χ0) is 9.84. The Bertz CT molecular complexity index is 403. The van der Waals surface area contributed by atoms with E-state index in [4.69, 9.17) is 10.4 Å². The number of thiophene rings is 1. The van der Waals surface area contributed by atoms with E-state index < -0.39 is 5.97 Å². The van der Waals surface area contributed by atoms with E-state index in [1.54, 1.807) is 11.4 Å². The molecule has 0 unspecified atom stereocenters. The Morgan fingerprint density at radius 2 is 2.38 bits per heavy atom. The van der Waals surface area contributed by atoms with Gasteiger partial charge in [0.05, 0.1) is 0 Å². The lowest BCUT2D eigenvalue weighted by Crippen LogP contribution is -1.96. The highest BCUT2D eigenvalue weighted by Crippen LogP contribution is 2.23. The molecule has 0 bridgehead atoms. The highest BCUT2D eigenvalue weighted by atomic mass is 79.9. The van der Waals surface area contributed by atoms with Crippen molar-refractivity contribution in [1.29, 1.82) is 5.26 Å². The van der Waals surface area contributed by atoms with Crippen molar-refractivity contribution in [2.75, 3.05) is 0 Å². The molecule has 1 N–H and O–H groups in total.